The number of rotatable bonds is 5. The summed E-state index contributed by atoms with van der Waals surface area (Å²) in [7, 11) is 1.81. The molecule has 0 aromatic heterocycles. The van der Waals surface area contributed by atoms with Crippen LogP contribution < -0.4 is 5.32 Å². The number of piperazine rings is 1. The van der Waals surface area contributed by atoms with Crippen molar-refractivity contribution >= 4 is 0 Å². The molecule has 1 heterocycles. The second-order valence-corrected chi connectivity index (χ2v) is 6.22. The third kappa shape index (κ3) is 4.23. The SMILES string of the molecule is CCC1CN(CC(C)(C)OC)C(C(C)C)CN1. The molecule has 1 aliphatic rings. The number of hydrogen-bond acceptors (Lipinski definition) is 3. The number of ether oxygens (including phenoxy) is 1. The summed E-state index contributed by atoms with van der Waals surface area (Å²) < 4.78 is 5.58. The van der Waals surface area contributed by atoms with Crippen molar-refractivity contribution in [3.63, 3.8) is 0 Å². The second-order valence-electron chi connectivity index (χ2n) is 6.22. The molecule has 102 valence electrons. The zero-order valence-corrected chi connectivity index (χ0v) is 12.4. The first-order chi connectivity index (χ1) is 7.89. The van der Waals surface area contributed by atoms with Gasteiger partial charge in [0.25, 0.3) is 0 Å². The van der Waals surface area contributed by atoms with Crippen LogP contribution in [0.15, 0.2) is 0 Å². The molecule has 0 aromatic carbocycles. The van der Waals surface area contributed by atoms with Crippen LogP contribution in [-0.2, 0) is 4.74 Å². The van der Waals surface area contributed by atoms with Crippen LogP contribution in [0, 0.1) is 5.92 Å². The fourth-order valence-corrected chi connectivity index (χ4v) is 2.57. The first kappa shape index (κ1) is 14.9. The molecular formula is C14H30N2O. The molecule has 0 radical (unpaired) electrons. The van der Waals surface area contributed by atoms with Crippen molar-refractivity contribution in [3.8, 4) is 0 Å². The van der Waals surface area contributed by atoms with Crippen molar-refractivity contribution in [2.24, 2.45) is 5.92 Å². The van der Waals surface area contributed by atoms with Crippen LogP contribution in [0.3, 0.4) is 0 Å². The Morgan fingerprint density at radius 1 is 1.41 bits per heavy atom. The van der Waals surface area contributed by atoms with Crippen LogP contribution >= 0.6 is 0 Å². The van der Waals surface area contributed by atoms with E-state index in [0.29, 0.717) is 18.0 Å². The van der Waals surface area contributed by atoms with E-state index in [1.165, 1.54) is 6.42 Å². The summed E-state index contributed by atoms with van der Waals surface area (Å²) in [5.74, 6) is 0.688. The smallest absolute Gasteiger partial charge is 0.0749 e. The van der Waals surface area contributed by atoms with Crippen LogP contribution in [-0.4, -0.2) is 49.3 Å². The monoisotopic (exact) mass is 242 g/mol. The first-order valence-corrected chi connectivity index (χ1v) is 6.92. The van der Waals surface area contributed by atoms with Crippen LogP contribution in [0.1, 0.15) is 41.0 Å². The van der Waals surface area contributed by atoms with Gasteiger partial charge in [-0.25, -0.2) is 0 Å². The van der Waals surface area contributed by atoms with Gasteiger partial charge in [-0.2, -0.15) is 0 Å². The highest BCUT2D eigenvalue weighted by Crippen LogP contribution is 2.20. The van der Waals surface area contributed by atoms with Gasteiger partial charge in [-0.15, -0.1) is 0 Å². The molecule has 0 saturated carbocycles. The largest absolute Gasteiger partial charge is 0.377 e. The normalized spacial score (nSPS) is 27.7. The van der Waals surface area contributed by atoms with Crippen molar-refractivity contribution in [1.29, 1.82) is 0 Å². The Hall–Kier alpha value is -0.120. The van der Waals surface area contributed by atoms with Crippen LogP contribution in [0.5, 0.6) is 0 Å². The summed E-state index contributed by atoms with van der Waals surface area (Å²) in [6.07, 6.45) is 1.20. The summed E-state index contributed by atoms with van der Waals surface area (Å²) in [4.78, 5) is 2.61. The number of methoxy groups -OCH3 is 1. The van der Waals surface area contributed by atoms with Crippen molar-refractivity contribution < 1.29 is 4.74 Å². The zero-order valence-electron chi connectivity index (χ0n) is 12.4. The second kappa shape index (κ2) is 6.17. The van der Waals surface area contributed by atoms with E-state index in [1.54, 1.807) is 0 Å². The molecule has 1 fully saturated rings. The molecule has 2 unspecified atom stereocenters. The third-order valence-corrected chi connectivity index (χ3v) is 3.94. The summed E-state index contributed by atoms with van der Waals surface area (Å²) in [5.41, 5.74) is -0.0528. The van der Waals surface area contributed by atoms with Gasteiger partial charge in [0.2, 0.25) is 0 Å². The fourth-order valence-electron chi connectivity index (χ4n) is 2.57. The molecule has 1 N–H and O–H groups in total. The molecule has 1 rings (SSSR count). The predicted molar refractivity (Wildman–Crippen MR) is 73.4 cm³/mol. The highest BCUT2D eigenvalue weighted by Gasteiger charge is 2.32. The lowest BCUT2D eigenvalue weighted by Crippen LogP contribution is -2.60. The molecule has 0 bridgehead atoms. The maximum atomic E-state index is 5.58. The van der Waals surface area contributed by atoms with E-state index in [9.17, 15) is 0 Å². The van der Waals surface area contributed by atoms with Crippen molar-refractivity contribution in [1.82, 2.24) is 10.2 Å². The average Bonchev–Trinajstić information content (AvgIpc) is 2.28. The Labute approximate surface area is 107 Å². The average molecular weight is 242 g/mol. The molecule has 1 saturated heterocycles. The van der Waals surface area contributed by atoms with E-state index in [2.05, 4.69) is 44.8 Å². The lowest BCUT2D eigenvalue weighted by molar-refractivity contribution is -0.0335. The van der Waals surface area contributed by atoms with Gasteiger partial charge in [0.05, 0.1) is 5.60 Å². The van der Waals surface area contributed by atoms with Gasteiger partial charge in [0, 0.05) is 38.8 Å². The van der Waals surface area contributed by atoms with E-state index >= 15 is 0 Å². The van der Waals surface area contributed by atoms with Crippen molar-refractivity contribution in [3.05, 3.63) is 0 Å². The minimum Gasteiger partial charge on any atom is -0.377 e. The first-order valence-electron chi connectivity index (χ1n) is 6.92. The Morgan fingerprint density at radius 3 is 2.53 bits per heavy atom. The topological polar surface area (TPSA) is 24.5 Å². The van der Waals surface area contributed by atoms with Crippen LogP contribution in [0.2, 0.25) is 0 Å². The summed E-state index contributed by atoms with van der Waals surface area (Å²) in [5, 5.41) is 3.65. The third-order valence-electron chi connectivity index (χ3n) is 3.94. The van der Waals surface area contributed by atoms with E-state index in [0.717, 1.165) is 19.6 Å². The van der Waals surface area contributed by atoms with E-state index < -0.39 is 0 Å². The molecule has 3 heteroatoms. The lowest BCUT2D eigenvalue weighted by atomic mass is 9.95. The standard InChI is InChI=1S/C14H30N2O/c1-7-12-9-16(10-14(4,5)17-6)13(8-15-12)11(2)3/h11-13,15H,7-10H2,1-6H3. The fraction of sp³-hybridized carbons (Fsp3) is 1.00. The Balaban J connectivity index is 2.67. The number of nitrogens with one attached hydrogen (secondary N) is 1. The number of hydrogen-bond donors (Lipinski definition) is 1. The molecule has 17 heavy (non-hydrogen) atoms. The number of nitrogens with zero attached hydrogens (tertiary/aromatic N) is 1. The summed E-state index contributed by atoms with van der Waals surface area (Å²) >= 11 is 0. The van der Waals surface area contributed by atoms with Gasteiger partial charge in [-0.1, -0.05) is 20.8 Å². The maximum absolute atomic E-state index is 5.58. The van der Waals surface area contributed by atoms with Crippen molar-refractivity contribution in [2.75, 3.05) is 26.7 Å². The quantitative estimate of drug-likeness (QED) is 0.799. The predicted octanol–water partition coefficient (Wildman–Crippen LogP) is 2.12. The van der Waals surface area contributed by atoms with Crippen LogP contribution in [0.25, 0.3) is 0 Å². The molecule has 0 aromatic rings. The summed E-state index contributed by atoms with van der Waals surface area (Å²) in [6, 6.07) is 1.27. The van der Waals surface area contributed by atoms with E-state index in [4.69, 9.17) is 4.74 Å². The Kier molecular flexibility index (Phi) is 5.42. The minimum atomic E-state index is -0.0528. The lowest BCUT2D eigenvalue weighted by Gasteiger charge is -2.45. The van der Waals surface area contributed by atoms with Gasteiger partial charge >= 0.3 is 0 Å². The zero-order chi connectivity index (χ0) is 13.1. The van der Waals surface area contributed by atoms with Crippen LogP contribution in [0.4, 0.5) is 0 Å². The van der Waals surface area contributed by atoms with Gasteiger partial charge in [-0.05, 0) is 26.2 Å². The van der Waals surface area contributed by atoms with Crippen molar-refractivity contribution in [2.45, 2.75) is 58.7 Å². The molecule has 1 aliphatic heterocycles. The van der Waals surface area contributed by atoms with E-state index in [-0.39, 0.29) is 5.60 Å². The molecule has 3 nitrogen and oxygen atoms in total. The molecular weight excluding hydrogens is 212 g/mol. The molecule has 0 spiro atoms. The van der Waals surface area contributed by atoms with Gasteiger partial charge in [-0.3, -0.25) is 4.90 Å². The van der Waals surface area contributed by atoms with E-state index in [1.807, 2.05) is 7.11 Å². The minimum absolute atomic E-state index is 0.0528. The maximum Gasteiger partial charge on any atom is 0.0749 e. The highest BCUT2D eigenvalue weighted by atomic mass is 16.5. The summed E-state index contributed by atoms with van der Waals surface area (Å²) in [6.45, 7) is 14.5. The molecule has 0 aliphatic carbocycles. The Bertz CT molecular complexity index is 228. The highest BCUT2D eigenvalue weighted by molar-refractivity contribution is 4.90. The molecule has 0 amide bonds. The van der Waals surface area contributed by atoms with Gasteiger partial charge in [0.15, 0.2) is 0 Å². The van der Waals surface area contributed by atoms with Gasteiger partial charge < -0.3 is 10.1 Å². The molecule has 2 atom stereocenters. The Morgan fingerprint density at radius 2 is 2.06 bits per heavy atom. The van der Waals surface area contributed by atoms with Gasteiger partial charge in [0.1, 0.15) is 0 Å².